The second-order valence-corrected chi connectivity index (χ2v) is 7.36. The molecule has 2 amide bonds. The van der Waals surface area contributed by atoms with E-state index >= 15 is 0 Å². The second-order valence-electron chi connectivity index (χ2n) is 7.36. The highest BCUT2D eigenvalue weighted by Crippen LogP contribution is 2.18. The van der Waals surface area contributed by atoms with Crippen molar-refractivity contribution >= 4 is 17.5 Å². The second kappa shape index (κ2) is 10.8. The van der Waals surface area contributed by atoms with Crippen molar-refractivity contribution in [3.63, 3.8) is 0 Å². The Morgan fingerprint density at radius 3 is 2.39 bits per heavy atom. The summed E-state index contributed by atoms with van der Waals surface area (Å²) in [5.74, 6) is 0.0396. The number of benzene rings is 2. The molecule has 7 heteroatoms. The fraction of sp³-hybridized carbons (Fsp3) is 0.115. The molecule has 2 heterocycles. The van der Waals surface area contributed by atoms with Crippen LogP contribution in [0, 0.1) is 0 Å². The fourth-order valence-corrected chi connectivity index (χ4v) is 3.21. The van der Waals surface area contributed by atoms with Crippen molar-refractivity contribution in [1.29, 1.82) is 0 Å². The molecule has 0 aliphatic carbocycles. The third-order valence-electron chi connectivity index (χ3n) is 4.90. The quantitative estimate of drug-likeness (QED) is 0.405. The van der Waals surface area contributed by atoms with Crippen LogP contribution in [0.25, 0.3) is 0 Å². The van der Waals surface area contributed by atoms with Gasteiger partial charge in [-0.05, 0) is 48.0 Å². The monoisotopic (exact) mass is 441 g/mol. The molecule has 1 atom stereocenters. The fourth-order valence-electron chi connectivity index (χ4n) is 3.21. The van der Waals surface area contributed by atoms with E-state index in [9.17, 15) is 9.59 Å². The minimum Gasteiger partial charge on any atom is -0.489 e. The number of furan rings is 1. The zero-order chi connectivity index (χ0) is 22.9. The first-order valence-electron chi connectivity index (χ1n) is 10.5. The van der Waals surface area contributed by atoms with Crippen LogP contribution in [0.4, 0.5) is 5.69 Å². The van der Waals surface area contributed by atoms with Crippen LogP contribution in [-0.2, 0) is 17.8 Å². The third kappa shape index (κ3) is 6.30. The number of rotatable bonds is 9. The number of anilines is 1. The summed E-state index contributed by atoms with van der Waals surface area (Å²) >= 11 is 0. The Labute approximate surface area is 191 Å². The molecule has 33 heavy (non-hydrogen) atoms. The van der Waals surface area contributed by atoms with Crippen molar-refractivity contribution in [2.24, 2.45) is 0 Å². The maximum absolute atomic E-state index is 13.0. The lowest BCUT2D eigenvalue weighted by atomic mass is 10.0. The van der Waals surface area contributed by atoms with E-state index < -0.39 is 11.9 Å². The van der Waals surface area contributed by atoms with Crippen LogP contribution in [0.2, 0.25) is 0 Å². The number of carbonyl (C=O) groups is 2. The highest BCUT2D eigenvalue weighted by atomic mass is 16.5. The van der Waals surface area contributed by atoms with Gasteiger partial charge in [0.1, 0.15) is 18.4 Å². The summed E-state index contributed by atoms with van der Waals surface area (Å²) in [7, 11) is 0. The summed E-state index contributed by atoms with van der Waals surface area (Å²) in [6.07, 6.45) is 5.21. The van der Waals surface area contributed by atoms with Crippen molar-refractivity contribution in [2.75, 3.05) is 5.32 Å². The maximum atomic E-state index is 13.0. The van der Waals surface area contributed by atoms with Gasteiger partial charge in [0.15, 0.2) is 5.76 Å². The van der Waals surface area contributed by atoms with Crippen LogP contribution in [0.1, 0.15) is 21.7 Å². The Morgan fingerprint density at radius 1 is 0.909 bits per heavy atom. The molecule has 4 aromatic rings. The molecular formula is C26H23N3O4. The Hall–Kier alpha value is -4.39. The minimum absolute atomic E-state index is 0.149. The van der Waals surface area contributed by atoms with Gasteiger partial charge in [-0.25, -0.2) is 0 Å². The van der Waals surface area contributed by atoms with Gasteiger partial charge in [0.05, 0.1) is 6.26 Å². The van der Waals surface area contributed by atoms with E-state index in [-0.39, 0.29) is 11.7 Å². The lowest BCUT2D eigenvalue weighted by Crippen LogP contribution is -2.45. The lowest BCUT2D eigenvalue weighted by Gasteiger charge is -2.18. The van der Waals surface area contributed by atoms with Crippen LogP contribution >= 0.6 is 0 Å². The zero-order valence-electron chi connectivity index (χ0n) is 17.8. The van der Waals surface area contributed by atoms with Crippen LogP contribution in [0.3, 0.4) is 0 Å². The number of hydrogen-bond donors (Lipinski definition) is 2. The normalized spacial score (nSPS) is 11.4. The van der Waals surface area contributed by atoms with Crippen LogP contribution in [0.15, 0.2) is 102 Å². The van der Waals surface area contributed by atoms with Crippen molar-refractivity contribution in [2.45, 2.75) is 19.1 Å². The highest BCUT2D eigenvalue weighted by molar-refractivity contribution is 6.00. The molecule has 0 spiro atoms. The summed E-state index contributed by atoms with van der Waals surface area (Å²) in [6.45, 7) is 0.400. The molecule has 7 nitrogen and oxygen atoms in total. The minimum atomic E-state index is -0.786. The van der Waals surface area contributed by atoms with Crippen molar-refractivity contribution in [1.82, 2.24) is 10.3 Å². The molecule has 166 valence electrons. The van der Waals surface area contributed by atoms with Gasteiger partial charge in [0.2, 0.25) is 5.91 Å². The predicted octanol–water partition coefficient (Wildman–Crippen LogP) is 4.23. The van der Waals surface area contributed by atoms with E-state index in [4.69, 9.17) is 9.15 Å². The third-order valence-corrected chi connectivity index (χ3v) is 4.90. The predicted molar refractivity (Wildman–Crippen MR) is 124 cm³/mol. The van der Waals surface area contributed by atoms with E-state index in [0.29, 0.717) is 24.5 Å². The van der Waals surface area contributed by atoms with Gasteiger partial charge in [-0.2, -0.15) is 0 Å². The number of carbonyl (C=O) groups excluding carboxylic acids is 2. The topological polar surface area (TPSA) is 93.5 Å². The Balaban J connectivity index is 1.40. The first-order chi connectivity index (χ1) is 16.2. The first kappa shape index (κ1) is 21.8. The van der Waals surface area contributed by atoms with Gasteiger partial charge >= 0.3 is 0 Å². The van der Waals surface area contributed by atoms with Crippen LogP contribution in [0.5, 0.6) is 5.75 Å². The van der Waals surface area contributed by atoms with E-state index in [0.717, 1.165) is 11.1 Å². The molecule has 0 aliphatic heterocycles. The van der Waals surface area contributed by atoms with Crippen molar-refractivity contribution in [3.05, 3.63) is 114 Å². The maximum Gasteiger partial charge on any atom is 0.287 e. The highest BCUT2D eigenvalue weighted by Gasteiger charge is 2.23. The SMILES string of the molecule is O=C(NC(Cc1ccccc1)C(=O)Nc1ccc(OCc2cccnc2)cc1)c1ccco1. The zero-order valence-corrected chi connectivity index (χ0v) is 17.8. The molecule has 2 N–H and O–H groups in total. The molecule has 0 saturated heterocycles. The number of pyridine rings is 1. The average molecular weight is 441 g/mol. The number of ether oxygens (including phenoxy) is 1. The van der Waals surface area contributed by atoms with Gasteiger partial charge in [0, 0.05) is 30.1 Å². The van der Waals surface area contributed by atoms with Gasteiger partial charge in [-0.15, -0.1) is 0 Å². The summed E-state index contributed by atoms with van der Waals surface area (Å²) < 4.78 is 10.9. The van der Waals surface area contributed by atoms with Gasteiger partial charge in [-0.3, -0.25) is 14.6 Å². The van der Waals surface area contributed by atoms with Crippen molar-refractivity contribution < 1.29 is 18.7 Å². The van der Waals surface area contributed by atoms with E-state index in [1.54, 1.807) is 48.8 Å². The average Bonchev–Trinajstić information content (AvgIpc) is 3.40. The molecule has 0 saturated carbocycles. The molecule has 0 fully saturated rings. The number of amides is 2. The largest absolute Gasteiger partial charge is 0.489 e. The standard InChI is InChI=1S/C26H23N3O4/c30-25(28-21-10-12-22(13-11-21)33-18-20-8-4-14-27-17-20)23(16-19-6-2-1-3-7-19)29-26(31)24-9-5-15-32-24/h1-15,17,23H,16,18H2,(H,28,30)(H,29,31). The van der Waals surface area contributed by atoms with Gasteiger partial charge in [0.25, 0.3) is 5.91 Å². The van der Waals surface area contributed by atoms with E-state index in [1.807, 2.05) is 42.5 Å². The molecule has 4 rings (SSSR count). The summed E-state index contributed by atoms with van der Waals surface area (Å²) in [4.78, 5) is 29.6. The Kier molecular flexibility index (Phi) is 7.12. The Morgan fingerprint density at radius 2 is 1.70 bits per heavy atom. The molecule has 2 aromatic carbocycles. The number of aromatic nitrogens is 1. The van der Waals surface area contributed by atoms with Crippen LogP contribution in [-0.4, -0.2) is 22.8 Å². The van der Waals surface area contributed by atoms with Gasteiger partial charge in [-0.1, -0.05) is 36.4 Å². The van der Waals surface area contributed by atoms with Crippen molar-refractivity contribution in [3.8, 4) is 5.75 Å². The van der Waals surface area contributed by atoms with Gasteiger partial charge < -0.3 is 19.8 Å². The number of hydrogen-bond acceptors (Lipinski definition) is 5. The molecule has 0 radical (unpaired) electrons. The number of nitrogens with zero attached hydrogens (tertiary/aromatic N) is 1. The Bertz CT molecular complexity index is 1160. The molecule has 1 unspecified atom stereocenters. The summed E-state index contributed by atoms with van der Waals surface area (Å²) in [5.41, 5.74) is 2.49. The molecular weight excluding hydrogens is 418 g/mol. The summed E-state index contributed by atoms with van der Waals surface area (Å²) in [5, 5.41) is 5.63. The molecule has 0 bridgehead atoms. The van der Waals surface area contributed by atoms with E-state index in [2.05, 4.69) is 15.6 Å². The lowest BCUT2D eigenvalue weighted by molar-refractivity contribution is -0.118. The first-order valence-corrected chi connectivity index (χ1v) is 10.5. The summed E-state index contributed by atoms with van der Waals surface area (Å²) in [6, 6.07) is 22.8. The number of nitrogens with one attached hydrogen (secondary N) is 2. The molecule has 2 aromatic heterocycles. The van der Waals surface area contributed by atoms with Crippen LogP contribution < -0.4 is 15.4 Å². The molecule has 0 aliphatic rings. The smallest absolute Gasteiger partial charge is 0.287 e. The van der Waals surface area contributed by atoms with E-state index in [1.165, 1.54) is 6.26 Å².